The zero-order chi connectivity index (χ0) is 16.9. The summed E-state index contributed by atoms with van der Waals surface area (Å²) >= 11 is 1.13. The fourth-order valence-electron chi connectivity index (χ4n) is 1.56. The molecule has 0 aromatic heterocycles. The molecule has 0 bridgehead atoms. The molecule has 8 N–H and O–H groups in total. The Hall–Kier alpha value is -1.71. The minimum Gasteiger partial charge on any atom is -0.508 e. The van der Waals surface area contributed by atoms with Crippen LogP contribution in [0.4, 0.5) is 0 Å². The van der Waals surface area contributed by atoms with Crippen LogP contribution in [0.15, 0.2) is 22.9 Å². The van der Waals surface area contributed by atoms with Crippen LogP contribution in [0, 0.1) is 11.3 Å². The molecule has 0 spiro atoms. The second-order valence-corrected chi connectivity index (χ2v) is 6.36. The van der Waals surface area contributed by atoms with Gasteiger partial charge in [-0.25, -0.2) is 0 Å². The second kappa shape index (κ2) is 8.06. The minimum atomic E-state index is -1.14. The minimum absolute atomic E-state index is 0.0527. The van der Waals surface area contributed by atoms with Crippen LogP contribution >= 0.6 is 11.8 Å². The van der Waals surface area contributed by atoms with Gasteiger partial charge in [-0.1, -0.05) is 25.6 Å². The van der Waals surface area contributed by atoms with E-state index in [1.165, 1.54) is 12.3 Å². The summed E-state index contributed by atoms with van der Waals surface area (Å²) in [6.07, 6.45) is 1.57. The number of carbonyl (C=O) groups excluding carboxylic acids is 1. The molecule has 1 rings (SSSR count). The number of thioether (sulfide) groups is 1. The molecule has 22 heavy (non-hydrogen) atoms. The average molecular weight is 330 g/mol. The Morgan fingerprint density at radius 2 is 2.23 bits per heavy atom. The number of hydrogen-bond acceptors (Lipinski definition) is 8. The monoisotopic (exact) mass is 330 g/mol. The number of ether oxygens (including phenoxy) is 1. The number of hydrogen-bond donors (Lipinski definition) is 6. The fourth-order valence-corrected chi connectivity index (χ4v) is 2.64. The quantitative estimate of drug-likeness (QED) is 0.212. The van der Waals surface area contributed by atoms with Gasteiger partial charge >= 0.3 is 5.97 Å². The van der Waals surface area contributed by atoms with E-state index in [9.17, 15) is 15.0 Å². The average Bonchev–Trinajstić information content (AvgIpc) is 2.71. The van der Waals surface area contributed by atoms with Gasteiger partial charge in [0.15, 0.2) is 0 Å². The van der Waals surface area contributed by atoms with Gasteiger partial charge in [0, 0.05) is 6.20 Å². The van der Waals surface area contributed by atoms with E-state index in [2.05, 4.69) is 5.32 Å². The highest BCUT2D eigenvalue weighted by Crippen LogP contribution is 2.35. The van der Waals surface area contributed by atoms with E-state index in [4.69, 9.17) is 21.6 Å². The molecule has 8 nitrogen and oxygen atoms in total. The number of nitrogens with two attached hydrogens (primary N) is 2. The molecule has 0 fully saturated rings. The molecule has 0 aromatic rings. The van der Waals surface area contributed by atoms with Gasteiger partial charge in [0.25, 0.3) is 0 Å². The van der Waals surface area contributed by atoms with Gasteiger partial charge in [-0.2, -0.15) is 0 Å². The maximum absolute atomic E-state index is 11.7. The molecule has 0 saturated heterocycles. The molecule has 1 unspecified atom stereocenters. The number of esters is 1. The number of rotatable bonds is 7. The molecular weight excluding hydrogens is 308 g/mol. The zero-order valence-corrected chi connectivity index (χ0v) is 13.3. The van der Waals surface area contributed by atoms with Crippen LogP contribution in [0.5, 0.6) is 0 Å². The highest BCUT2D eigenvalue weighted by atomic mass is 32.2. The largest absolute Gasteiger partial charge is 0.508 e. The summed E-state index contributed by atoms with van der Waals surface area (Å²) < 4.78 is 5.05. The Morgan fingerprint density at radius 1 is 1.59 bits per heavy atom. The van der Waals surface area contributed by atoms with E-state index in [0.29, 0.717) is 4.91 Å². The van der Waals surface area contributed by atoms with Crippen molar-refractivity contribution in [3.8, 4) is 0 Å². The third-order valence-corrected chi connectivity index (χ3v) is 4.24. The molecule has 0 aliphatic carbocycles. The summed E-state index contributed by atoms with van der Waals surface area (Å²) in [5.74, 6) is -0.995. The van der Waals surface area contributed by atoms with Gasteiger partial charge in [-0.15, -0.1) is 0 Å². The van der Waals surface area contributed by atoms with Gasteiger partial charge in [0.2, 0.25) is 0 Å². The standard InChI is InChI=1S/C13H22N4O4S/c1-6(2)9(16)13(20)21-5-7-10(18)11(19)12(22-7)17-4-3-8(14)15/h3-4,6,9,11-12,17-19H,5,16H2,1-2H3,(H3,14,15)/b4-3-/t9-,11?,12-/m1/s1. The molecule has 3 atom stereocenters. The molecule has 0 radical (unpaired) electrons. The van der Waals surface area contributed by atoms with Crippen LogP contribution in [-0.2, 0) is 9.53 Å². The summed E-state index contributed by atoms with van der Waals surface area (Å²) in [5.41, 5.74) is 10.8. The van der Waals surface area contributed by atoms with E-state index in [1.807, 2.05) is 0 Å². The molecule has 0 saturated carbocycles. The maximum Gasteiger partial charge on any atom is 0.323 e. The summed E-state index contributed by atoms with van der Waals surface area (Å²) in [6.45, 7) is 3.46. The Morgan fingerprint density at radius 3 is 2.77 bits per heavy atom. The van der Waals surface area contributed by atoms with Crippen LogP contribution in [0.2, 0.25) is 0 Å². The van der Waals surface area contributed by atoms with Gasteiger partial charge < -0.3 is 31.7 Å². The van der Waals surface area contributed by atoms with Crippen molar-refractivity contribution in [2.45, 2.75) is 31.4 Å². The lowest BCUT2D eigenvalue weighted by Gasteiger charge is -2.15. The summed E-state index contributed by atoms with van der Waals surface area (Å²) in [6, 6.07) is -0.730. The van der Waals surface area contributed by atoms with Crippen molar-refractivity contribution in [3.05, 3.63) is 22.9 Å². The molecule has 1 aliphatic rings. The third kappa shape index (κ3) is 4.93. The summed E-state index contributed by atoms with van der Waals surface area (Å²) in [4.78, 5) is 12.0. The van der Waals surface area contributed by atoms with E-state index in [1.54, 1.807) is 13.8 Å². The predicted octanol–water partition coefficient (Wildman–Crippen LogP) is -0.244. The lowest BCUT2D eigenvalue weighted by atomic mass is 10.1. The lowest BCUT2D eigenvalue weighted by molar-refractivity contribution is -0.145. The van der Waals surface area contributed by atoms with Crippen molar-refractivity contribution < 1.29 is 19.7 Å². The van der Waals surface area contributed by atoms with Gasteiger partial charge in [-0.3, -0.25) is 10.2 Å². The molecule has 9 heteroatoms. The lowest BCUT2D eigenvalue weighted by Crippen LogP contribution is -2.37. The van der Waals surface area contributed by atoms with Crippen molar-refractivity contribution >= 4 is 23.6 Å². The van der Waals surface area contributed by atoms with Crippen LogP contribution in [0.3, 0.4) is 0 Å². The van der Waals surface area contributed by atoms with Crippen molar-refractivity contribution in [2.24, 2.45) is 17.4 Å². The first kappa shape index (κ1) is 18.3. The molecule has 124 valence electrons. The van der Waals surface area contributed by atoms with Crippen molar-refractivity contribution in [1.29, 1.82) is 5.41 Å². The Labute approximate surface area is 133 Å². The highest BCUT2D eigenvalue weighted by Gasteiger charge is 2.34. The molecule has 1 aliphatic heterocycles. The first-order valence-corrected chi connectivity index (χ1v) is 7.57. The SMILES string of the molecule is CC(C)[C@@H](N)C(=O)OCC1=C(O)C(O)[C@H](N/C=C\C(=N)N)S1. The predicted molar refractivity (Wildman–Crippen MR) is 85.0 cm³/mol. The van der Waals surface area contributed by atoms with Crippen LogP contribution in [-0.4, -0.2) is 46.1 Å². The topological polar surface area (TPSA) is 155 Å². The van der Waals surface area contributed by atoms with E-state index in [-0.39, 0.29) is 24.1 Å². The molecule has 0 aromatic carbocycles. The highest BCUT2D eigenvalue weighted by molar-refractivity contribution is 8.04. The molecule has 0 amide bonds. The summed E-state index contributed by atoms with van der Waals surface area (Å²) in [5, 5.41) is 29.0. The van der Waals surface area contributed by atoms with E-state index >= 15 is 0 Å². The van der Waals surface area contributed by atoms with E-state index in [0.717, 1.165) is 11.8 Å². The van der Waals surface area contributed by atoms with E-state index < -0.39 is 23.5 Å². The molecule has 1 heterocycles. The normalized spacial score (nSPS) is 23.1. The zero-order valence-electron chi connectivity index (χ0n) is 12.4. The van der Waals surface area contributed by atoms with Crippen molar-refractivity contribution in [1.82, 2.24) is 5.32 Å². The van der Waals surface area contributed by atoms with Crippen molar-refractivity contribution in [2.75, 3.05) is 6.61 Å². The maximum atomic E-state index is 11.7. The third-order valence-electron chi connectivity index (χ3n) is 2.98. The number of aliphatic hydroxyl groups is 2. The summed E-state index contributed by atoms with van der Waals surface area (Å²) in [7, 11) is 0. The second-order valence-electron chi connectivity index (χ2n) is 5.12. The Bertz CT molecular complexity index is 492. The van der Waals surface area contributed by atoms with Crippen LogP contribution in [0.25, 0.3) is 0 Å². The Balaban J connectivity index is 2.54. The first-order valence-electron chi connectivity index (χ1n) is 6.69. The van der Waals surface area contributed by atoms with Crippen molar-refractivity contribution in [3.63, 3.8) is 0 Å². The number of aliphatic hydroxyl groups excluding tert-OH is 2. The van der Waals surface area contributed by atoms with Gasteiger partial charge in [0.1, 0.15) is 35.7 Å². The van der Waals surface area contributed by atoms with Gasteiger partial charge in [0.05, 0.1) is 4.91 Å². The smallest absolute Gasteiger partial charge is 0.323 e. The van der Waals surface area contributed by atoms with Crippen LogP contribution < -0.4 is 16.8 Å². The number of amidine groups is 1. The first-order chi connectivity index (χ1) is 10.2. The number of nitrogens with one attached hydrogen (secondary N) is 2. The van der Waals surface area contributed by atoms with Gasteiger partial charge in [-0.05, 0) is 12.0 Å². The number of carbonyl (C=O) groups is 1. The Kier molecular flexibility index (Phi) is 6.72. The molecular formula is C13H22N4O4S. The van der Waals surface area contributed by atoms with Crippen LogP contribution in [0.1, 0.15) is 13.8 Å². The fraction of sp³-hybridized carbons (Fsp3) is 0.538.